The Hall–Kier alpha value is -0.493. The molecule has 0 fully saturated rings. The number of hydrogen-bond acceptors (Lipinski definition) is 3. The lowest BCUT2D eigenvalue weighted by Gasteiger charge is -2.40. The molecule has 0 heterocycles. The van der Waals surface area contributed by atoms with Crippen LogP contribution in [0.3, 0.4) is 0 Å². The quantitative estimate of drug-likeness (QED) is 0.798. The van der Waals surface area contributed by atoms with Gasteiger partial charge in [-0.15, -0.1) is 0 Å². The maximum Gasteiger partial charge on any atom is 0.192 e. The maximum absolute atomic E-state index is 12.5. The lowest BCUT2D eigenvalue weighted by Crippen LogP contribution is -2.48. The lowest BCUT2D eigenvalue weighted by molar-refractivity contribution is 0.0536. The van der Waals surface area contributed by atoms with Crippen molar-refractivity contribution in [2.24, 2.45) is 0 Å². The Labute approximate surface area is 138 Å². The van der Waals surface area contributed by atoms with Crippen molar-refractivity contribution in [3.05, 3.63) is 29.8 Å². The summed E-state index contributed by atoms with van der Waals surface area (Å²) in [6, 6.07) is 7.69. The van der Waals surface area contributed by atoms with Crippen LogP contribution in [-0.2, 0) is 15.2 Å². The molecule has 0 amide bonds. The molecule has 0 radical (unpaired) electrons. The summed E-state index contributed by atoms with van der Waals surface area (Å²) in [5.41, 5.74) is 1.14. The molecule has 0 spiro atoms. The van der Waals surface area contributed by atoms with Crippen molar-refractivity contribution in [3.63, 3.8) is 0 Å². The van der Waals surface area contributed by atoms with Gasteiger partial charge in [0.1, 0.15) is 0 Å². The smallest absolute Gasteiger partial charge is 0.192 e. The predicted molar refractivity (Wildman–Crippen MR) is 96.2 cm³/mol. The third-order valence-electron chi connectivity index (χ3n) is 4.39. The highest BCUT2D eigenvalue weighted by atomic mass is 32.2. The topological polar surface area (TPSA) is 46.5 Å². The maximum atomic E-state index is 12.5. The molecule has 1 aromatic rings. The van der Waals surface area contributed by atoms with Crippen LogP contribution in [-0.4, -0.2) is 35.6 Å². The molecule has 0 aliphatic heterocycles. The molecular weight excluding hydrogens is 312 g/mol. The largest absolute Gasteiger partial charge is 0.410 e. The summed E-state index contributed by atoms with van der Waals surface area (Å²) in [6.07, 6.45) is -1.04. The molecule has 0 aliphatic carbocycles. The molecule has 0 unspecified atom stereocenters. The number of benzene rings is 1. The molecule has 0 aliphatic rings. The van der Waals surface area contributed by atoms with Crippen molar-refractivity contribution in [1.82, 2.24) is 0 Å². The van der Waals surface area contributed by atoms with E-state index in [1.165, 1.54) is 0 Å². The Morgan fingerprint density at radius 2 is 1.73 bits per heavy atom. The number of aryl methyl sites for hydroxylation is 1. The molecule has 3 nitrogen and oxygen atoms in total. The third kappa shape index (κ3) is 5.30. The zero-order chi connectivity index (χ0) is 17.1. The monoisotopic (exact) mass is 342 g/mol. The summed E-state index contributed by atoms with van der Waals surface area (Å²) in [6.45, 7) is 14.5. The van der Waals surface area contributed by atoms with Crippen LogP contribution in [0.2, 0.25) is 18.1 Å². The van der Waals surface area contributed by atoms with Crippen LogP contribution in [0.4, 0.5) is 0 Å². The van der Waals surface area contributed by atoms with Gasteiger partial charge in [-0.1, -0.05) is 38.5 Å². The molecule has 1 rings (SSSR count). The van der Waals surface area contributed by atoms with Gasteiger partial charge in [0.2, 0.25) is 0 Å². The Morgan fingerprint density at radius 1 is 1.23 bits per heavy atom. The fourth-order valence-electron chi connectivity index (χ4n) is 1.76. The Morgan fingerprint density at radius 3 is 2.14 bits per heavy atom. The number of aliphatic hydroxyl groups excluding tert-OH is 1. The average Bonchev–Trinajstić information content (AvgIpc) is 2.36. The van der Waals surface area contributed by atoms with E-state index in [-0.39, 0.29) is 5.04 Å². The molecular formula is C17H30O3SSi. The Kier molecular flexibility index (Phi) is 6.56. The number of aliphatic hydroxyl groups is 1. The van der Waals surface area contributed by atoms with Gasteiger partial charge in [0.25, 0.3) is 0 Å². The molecule has 0 saturated carbocycles. The predicted octanol–water partition coefficient (Wildman–Crippen LogP) is 3.87. The van der Waals surface area contributed by atoms with Crippen LogP contribution in [0.25, 0.3) is 0 Å². The summed E-state index contributed by atoms with van der Waals surface area (Å²) in [5, 5.41) is 10.1. The first-order valence-electron chi connectivity index (χ1n) is 7.75. The first-order valence-corrected chi connectivity index (χ1v) is 12.0. The lowest BCUT2D eigenvalue weighted by atomic mass is 10.2. The molecule has 1 N–H and O–H groups in total. The molecule has 0 bridgehead atoms. The van der Waals surface area contributed by atoms with E-state index in [0.717, 1.165) is 10.5 Å². The van der Waals surface area contributed by atoms with Gasteiger partial charge in [-0.2, -0.15) is 0 Å². The van der Waals surface area contributed by atoms with Gasteiger partial charge in [-0.05, 0) is 44.1 Å². The van der Waals surface area contributed by atoms with Crippen molar-refractivity contribution in [2.45, 2.75) is 69.9 Å². The summed E-state index contributed by atoms with van der Waals surface area (Å²) >= 11 is 0. The fraction of sp³-hybridized carbons (Fsp3) is 0.647. The molecule has 3 atom stereocenters. The minimum atomic E-state index is -2.00. The average molecular weight is 343 g/mol. The fourth-order valence-corrected chi connectivity index (χ4v) is 4.55. The van der Waals surface area contributed by atoms with Crippen LogP contribution in [0, 0.1) is 6.92 Å². The second kappa shape index (κ2) is 7.38. The van der Waals surface area contributed by atoms with Crippen LogP contribution in [0.1, 0.15) is 33.3 Å². The summed E-state index contributed by atoms with van der Waals surface area (Å²) in [4.78, 5) is 0.787. The van der Waals surface area contributed by atoms with Crippen molar-refractivity contribution in [1.29, 1.82) is 0 Å². The zero-order valence-corrected chi connectivity index (χ0v) is 16.7. The van der Waals surface area contributed by atoms with E-state index < -0.39 is 31.3 Å². The normalized spacial score (nSPS) is 17.1. The van der Waals surface area contributed by atoms with Gasteiger partial charge in [0, 0.05) is 4.90 Å². The van der Waals surface area contributed by atoms with Gasteiger partial charge in [-0.25, -0.2) is 0 Å². The molecule has 5 heteroatoms. The second-order valence-electron chi connectivity index (χ2n) is 7.48. The second-order valence-corrected chi connectivity index (χ2v) is 13.7. The Bertz CT molecular complexity index is 504. The Balaban J connectivity index is 2.85. The van der Waals surface area contributed by atoms with E-state index >= 15 is 0 Å². The van der Waals surface area contributed by atoms with Crippen LogP contribution in [0.5, 0.6) is 0 Å². The summed E-state index contributed by atoms with van der Waals surface area (Å²) < 4.78 is 18.8. The van der Waals surface area contributed by atoms with Crippen molar-refractivity contribution in [2.75, 3.05) is 5.75 Å². The minimum absolute atomic E-state index is 0.0610. The SMILES string of the molecule is Cc1ccc([S@](=O)C[C@@H](O[Si](C)(C)C(C)(C)C)[C@H](C)O)cc1. The zero-order valence-electron chi connectivity index (χ0n) is 14.8. The third-order valence-corrected chi connectivity index (χ3v) is 10.3. The summed E-state index contributed by atoms with van der Waals surface area (Å²) in [7, 11) is -3.17. The van der Waals surface area contributed by atoms with Gasteiger partial charge >= 0.3 is 0 Å². The summed E-state index contributed by atoms with van der Waals surface area (Å²) in [5.74, 6) is 0.327. The van der Waals surface area contributed by atoms with Crippen molar-refractivity contribution in [3.8, 4) is 0 Å². The molecule has 0 aromatic heterocycles. The van der Waals surface area contributed by atoms with Gasteiger partial charge in [0.15, 0.2) is 8.32 Å². The molecule has 126 valence electrons. The van der Waals surface area contributed by atoms with Gasteiger partial charge in [-0.3, -0.25) is 4.21 Å². The first-order chi connectivity index (χ1) is 9.94. The van der Waals surface area contributed by atoms with Crippen LogP contribution in [0.15, 0.2) is 29.2 Å². The first kappa shape index (κ1) is 19.6. The molecule has 0 saturated heterocycles. The van der Waals surface area contributed by atoms with E-state index in [1.807, 2.05) is 31.2 Å². The van der Waals surface area contributed by atoms with Crippen molar-refractivity contribution < 1.29 is 13.7 Å². The highest BCUT2D eigenvalue weighted by molar-refractivity contribution is 7.85. The van der Waals surface area contributed by atoms with Gasteiger partial charge < -0.3 is 9.53 Å². The standard InChI is InChI=1S/C17H30O3SSi/c1-13-8-10-15(11-9-13)21(19)12-16(14(2)18)20-22(6,7)17(3,4)5/h8-11,14,16,18H,12H2,1-7H3/t14-,16+,21+/m0/s1. The highest BCUT2D eigenvalue weighted by Gasteiger charge is 2.40. The molecule has 22 heavy (non-hydrogen) atoms. The van der Waals surface area contributed by atoms with Crippen LogP contribution < -0.4 is 0 Å². The van der Waals surface area contributed by atoms with Gasteiger partial charge in [0.05, 0.1) is 28.8 Å². The van der Waals surface area contributed by atoms with E-state index in [2.05, 4.69) is 33.9 Å². The minimum Gasteiger partial charge on any atom is -0.410 e. The van der Waals surface area contributed by atoms with E-state index in [4.69, 9.17) is 4.43 Å². The van der Waals surface area contributed by atoms with Crippen LogP contribution >= 0.6 is 0 Å². The number of rotatable bonds is 6. The van der Waals surface area contributed by atoms with E-state index in [1.54, 1.807) is 6.92 Å². The molecule has 1 aromatic carbocycles. The highest BCUT2D eigenvalue weighted by Crippen LogP contribution is 2.37. The van der Waals surface area contributed by atoms with Crippen molar-refractivity contribution >= 4 is 19.1 Å². The number of hydrogen-bond donors (Lipinski definition) is 1. The van der Waals surface area contributed by atoms with E-state index in [0.29, 0.717) is 5.75 Å². The van der Waals surface area contributed by atoms with E-state index in [9.17, 15) is 9.32 Å².